The van der Waals surface area contributed by atoms with E-state index in [-0.39, 0.29) is 17.4 Å². The molecule has 4 aliphatic rings. The number of fused-ring (bicyclic) bond motifs is 3. The number of carboxylic acid groups (broad SMARTS) is 1. The summed E-state index contributed by atoms with van der Waals surface area (Å²) in [6.07, 6.45) is 11.3. The van der Waals surface area contributed by atoms with Gasteiger partial charge in [0.25, 0.3) is 0 Å². The maximum Gasteiger partial charge on any atom is 0.309 e. The van der Waals surface area contributed by atoms with Gasteiger partial charge in [-0.05, 0) is 86.0 Å². The third kappa shape index (κ3) is 1.89. The highest BCUT2D eigenvalue weighted by atomic mass is 16.4. The molecule has 4 aliphatic carbocycles. The molecule has 23 heavy (non-hydrogen) atoms. The summed E-state index contributed by atoms with van der Waals surface area (Å²) in [6, 6.07) is 0. The highest BCUT2D eigenvalue weighted by molar-refractivity contribution is 5.75. The Morgan fingerprint density at radius 3 is 2.65 bits per heavy atom. The van der Waals surface area contributed by atoms with Gasteiger partial charge >= 0.3 is 5.97 Å². The Morgan fingerprint density at radius 2 is 1.96 bits per heavy atom. The third-order valence-electron chi connectivity index (χ3n) is 8.46. The second-order valence-corrected chi connectivity index (χ2v) is 9.31. The quantitative estimate of drug-likeness (QED) is 0.756. The predicted molar refractivity (Wildman–Crippen MR) is 88.9 cm³/mol. The predicted octanol–water partition coefficient (Wildman–Crippen LogP) is 4.01. The van der Waals surface area contributed by atoms with Gasteiger partial charge < -0.3 is 10.2 Å². The van der Waals surface area contributed by atoms with Crippen molar-refractivity contribution in [2.75, 3.05) is 6.61 Å². The van der Waals surface area contributed by atoms with E-state index in [9.17, 15) is 15.0 Å². The lowest BCUT2D eigenvalue weighted by Crippen LogP contribution is -2.58. The lowest BCUT2D eigenvalue weighted by atomic mass is 9.41. The number of hydrogen-bond acceptors (Lipinski definition) is 2. The van der Waals surface area contributed by atoms with Crippen LogP contribution >= 0.6 is 0 Å². The van der Waals surface area contributed by atoms with E-state index in [1.807, 2.05) is 6.92 Å². The molecular formula is C20H30O3. The van der Waals surface area contributed by atoms with Crippen LogP contribution in [0, 0.1) is 34.0 Å². The summed E-state index contributed by atoms with van der Waals surface area (Å²) < 4.78 is 0. The third-order valence-corrected chi connectivity index (χ3v) is 8.46. The number of rotatable bonds is 2. The molecule has 6 atom stereocenters. The van der Waals surface area contributed by atoms with E-state index in [2.05, 4.69) is 13.0 Å². The Morgan fingerprint density at radius 1 is 1.17 bits per heavy atom. The van der Waals surface area contributed by atoms with Crippen molar-refractivity contribution >= 4 is 5.97 Å². The van der Waals surface area contributed by atoms with Crippen molar-refractivity contribution in [3.8, 4) is 0 Å². The fraction of sp³-hybridized carbons (Fsp3) is 0.850. The SMILES string of the molecule is C[C@@]12CCC[C@](C)(C(=O)O)[C@H]1CC[C@@]13C=C(CO)[C@@H](CC[C@@H]12)C3. The Labute approximate surface area is 139 Å². The van der Waals surface area contributed by atoms with E-state index in [4.69, 9.17) is 0 Å². The van der Waals surface area contributed by atoms with Gasteiger partial charge in [-0.2, -0.15) is 0 Å². The number of aliphatic carboxylic acids is 1. The van der Waals surface area contributed by atoms with Gasteiger partial charge in [0, 0.05) is 0 Å². The van der Waals surface area contributed by atoms with Crippen LogP contribution < -0.4 is 0 Å². The monoisotopic (exact) mass is 318 g/mol. The second-order valence-electron chi connectivity index (χ2n) is 9.31. The van der Waals surface area contributed by atoms with Crippen LogP contribution in [0.1, 0.15) is 65.2 Å². The van der Waals surface area contributed by atoms with Crippen LogP contribution in [-0.2, 0) is 4.79 Å². The maximum atomic E-state index is 12.0. The van der Waals surface area contributed by atoms with Crippen LogP contribution in [-0.4, -0.2) is 22.8 Å². The smallest absolute Gasteiger partial charge is 0.309 e. The molecule has 3 nitrogen and oxygen atoms in total. The van der Waals surface area contributed by atoms with Gasteiger partial charge in [0.1, 0.15) is 0 Å². The van der Waals surface area contributed by atoms with Gasteiger partial charge in [0.15, 0.2) is 0 Å². The Hall–Kier alpha value is -0.830. The van der Waals surface area contributed by atoms with Gasteiger partial charge in [-0.15, -0.1) is 0 Å². The summed E-state index contributed by atoms with van der Waals surface area (Å²) in [4.78, 5) is 12.0. The van der Waals surface area contributed by atoms with Gasteiger partial charge in [-0.1, -0.05) is 19.4 Å². The van der Waals surface area contributed by atoms with E-state index in [1.54, 1.807) is 0 Å². The standard InChI is InChI=1S/C20H30O3/c1-18-7-3-8-19(2,17(22)23)15(18)6-9-20-10-13(4-5-16(18)20)14(11-20)12-21/h11,13,15-16,21H,3-10,12H2,1-2H3,(H,22,23)/t13-,15-,16+,18+,19-,20+/m0/s1. The molecule has 1 spiro atoms. The molecule has 0 aliphatic heterocycles. The second kappa shape index (κ2) is 4.84. The van der Waals surface area contributed by atoms with Crippen LogP contribution in [0.5, 0.6) is 0 Å². The van der Waals surface area contributed by atoms with Crippen LogP contribution in [0.25, 0.3) is 0 Å². The molecule has 0 aromatic heterocycles. The van der Waals surface area contributed by atoms with Gasteiger partial charge in [-0.25, -0.2) is 0 Å². The van der Waals surface area contributed by atoms with Crippen molar-refractivity contribution in [2.24, 2.45) is 34.0 Å². The van der Waals surface area contributed by atoms with Crippen molar-refractivity contribution in [3.63, 3.8) is 0 Å². The summed E-state index contributed by atoms with van der Waals surface area (Å²) in [5.74, 6) is 0.912. The number of allylic oxidation sites excluding steroid dienone is 1. The topological polar surface area (TPSA) is 57.5 Å². The van der Waals surface area contributed by atoms with Crippen molar-refractivity contribution in [2.45, 2.75) is 65.2 Å². The van der Waals surface area contributed by atoms with E-state index < -0.39 is 11.4 Å². The Balaban J connectivity index is 1.75. The number of hydrogen-bond donors (Lipinski definition) is 2. The molecular weight excluding hydrogens is 288 g/mol. The normalized spacial score (nSPS) is 51.6. The van der Waals surface area contributed by atoms with E-state index in [0.717, 1.165) is 25.7 Å². The number of carboxylic acids is 1. The van der Waals surface area contributed by atoms with Crippen LogP contribution in [0.2, 0.25) is 0 Å². The first kappa shape index (κ1) is 15.7. The molecule has 0 amide bonds. The minimum Gasteiger partial charge on any atom is -0.481 e. The zero-order valence-electron chi connectivity index (χ0n) is 14.5. The maximum absolute atomic E-state index is 12.0. The lowest BCUT2D eigenvalue weighted by molar-refractivity contribution is -0.177. The zero-order chi connectivity index (χ0) is 16.5. The molecule has 3 heteroatoms. The van der Waals surface area contributed by atoms with Gasteiger partial charge in [0.05, 0.1) is 12.0 Å². The number of aliphatic hydroxyl groups is 1. The van der Waals surface area contributed by atoms with Crippen molar-refractivity contribution < 1.29 is 15.0 Å². The first-order valence-electron chi connectivity index (χ1n) is 9.42. The first-order chi connectivity index (χ1) is 10.9. The molecule has 0 saturated heterocycles. The van der Waals surface area contributed by atoms with Gasteiger partial charge in [-0.3, -0.25) is 4.79 Å². The fourth-order valence-electron chi connectivity index (χ4n) is 7.48. The molecule has 0 aromatic carbocycles. The highest BCUT2D eigenvalue weighted by Gasteiger charge is 2.64. The summed E-state index contributed by atoms with van der Waals surface area (Å²) in [6.45, 7) is 4.62. The van der Waals surface area contributed by atoms with E-state index in [1.165, 1.54) is 31.3 Å². The van der Waals surface area contributed by atoms with E-state index >= 15 is 0 Å². The van der Waals surface area contributed by atoms with Crippen molar-refractivity contribution in [1.29, 1.82) is 0 Å². The minimum atomic E-state index is -0.587. The fourth-order valence-corrected chi connectivity index (χ4v) is 7.48. The number of carbonyl (C=O) groups is 1. The molecule has 3 saturated carbocycles. The Bertz CT molecular complexity index is 567. The summed E-state index contributed by atoms with van der Waals surface area (Å²) in [5.41, 5.74) is 1.12. The van der Waals surface area contributed by atoms with Crippen LogP contribution in [0.4, 0.5) is 0 Å². The molecule has 128 valence electrons. The summed E-state index contributed by atoms with van der Waals surface area (Å²) in [5, 5.41) is 19.6. The zero-order valence-corrected chi connectivity index (χ0v) is 14.5. The van der Waals surface area contributed by atoms with Gasteiger partial charge in [0.2, 0.25) is 0 Å². The molecule has 0 radical (unpaired) electrons. The minimum absolute atomic E-state index is 0.149. The average molecular weight is 318 g/mol. The molecule has 2 bridgehead atoms. The molecule has 0 unspecified atom stereocenters. The summed E-state index contributed by atoms with van der Waals surface area (Å²) >= 11 is 0. The molecule has 2 N–H and O–H groups in total. The Kier molecular flexibility index (Phi) is 3.30. The van der Waals surface area contributed by atoms with Crippen molar-refractivity contribution in [1.82, 2.24) is 0 Å². The largest absolute Gasteiger partial charge is 0.481 e. The van der Waals surface area contributed by atoms with Crippen LogP contribution in [0.3, 0.4) is 0 Å². The molecule has 0 heterocycles. The highest BCUT2D eigenvalue weighted by Crippen LogP contribution is 2.70. The molecule has 3 fully saturated rings. The number of aliphatic hydroxyl groups excluding tert-OH is 1. The van der Waals surface area contributed by atoms with Crippen molar-refractivity contribution in [3.05, 3.63) is 11.6 Å². The first-order valence-corrected chi connectivity index (χ1v) is 9.42. The average Bonchev–Trinajstić information content (AvgIpc) is 2.77. The summed E-state index contributed by atoms with van der Waals surface area (Å²) in [7, 11) is 0. The molecule has 0 aromatic rings. The lowest BCUT2D eigenvalue weighted by Gasteiger charge is -2.63. The van der Waals surface area contributed by atoms with Crippen LogP contribution in [0.15, 0.2) is 11.6 Å². The van der Waals surface area contributed by atoms with E-state index in [0.29, 0.717) is 17.8 Å². The molecule has 4 rings (SSSR count).